The molecule has 0 unspecified atom stereocenters. The van der Waals surface area contributed by atoms with Gasteiger partial charge in [0.1, 0.15) is 49.0 Å². The minimum atomic E-state index is -0.714. The number of carbonyl (C=O) groups excluding carboxylic acids is 4. The number of piperidine rings is 2. The topological polar surface area (TPSA) is 222 Å². The molecule has 0 aliphatic carbocycles. The Balaban J connectivity index is 0.000000185. The average molecular weight is 1450 g/mol. The van der Waals surface area contributed by atoms with Crippen molar-refractivity contribution < 1.29 is 38.5 Å². The van der Waals surface area contributed by atoms with Gasteiger partial charge < -0.3 is 50.8 Å². The van der Waals surface area contributed by atoms with Crippen LogP contribution in [0, 0.1) is 11.8 Å². The first-order valence-corrected chi connectivity index (χ1v) is 39.1. The Labute approximate surface area is 637 Å². The Kier molecular flexibility index (Phi) is 31.8. The van der Waals surface area contributed by atoms with Crippen molar-refractivity contribution in [2.24, 2.45) is 11.8 Å². The fraction of sp³-hybridized carbons (Fsp3) is 0.374. The van der Waals surface area contributed by atoms with Crippen molar-refractivity contribution in [2.75, 3.05) is 52.5 Å². The quantitative estimate of drug-likeness (QED) is 0.0201. The number of pyridine rings is 3. The number of β-amino-alcohol motifs (C(OH)–C–C–N with tert-alkyl or cyclic N) is 1. The largest absolute Gasteiger partial charge is 0.490 e. The van der Waals surface area contributed by atoms with Gasteiger partial charge >= 0.3 is 0 Å². The summed E-state index contributed by atoms with van der Waals surface area (Å²) < 4.78 is 16.8. The molecule has 3 fully saturated rings. The zero-order valence-electron chi connectivity index (χ0n) is 62.3. The summed E-state index contributed by atoms with van der Waals surface area (Å²) in [4.78, 5) is 69.6. The lowest BCUT2D eigenvalue weighted by molar-refractivity contribution is -0.132. The summed E-state index contributed by atoms with van der Waals surface area (Å²) in [6, 6.07) is 72.2. The Morgan fingerprint density at radius 2 is 0.898 bits per heavy atom. The van der Waals surface area contributed by atoms with Crippen LogP contribution in [-0.2, 0) is 62.4 Å². The number of fused-ring (bicyclic) bond motifs is 2. The minimum absolute atomic E-state index is 0.00542. The van der Waals surface area contributed by atoms with E-state index in [1.807, 2.05) is 103 Å². The normalized spacial score (nSPS) is 15.3. The third-order valence-corrected chi connectivity index (χ3v) is 20.5. The first-order valence-electron chi connectivity index (χ1n) is 39.1. The molecule has 17 nitrogen and oxygen atoms in total. The van der Waals surface area contributed by atoms with Gasteiger partial charge in [-0.3, -0.25) is 34.1 Å². The molecule has 17 heteroatoms. The summed E-state index contributed by atoms with van der Waals surface area (Å²) in [6.45, 7) is 5.15. The minimum Gasteiger partial charge on any atom is -0.490 e. The molecule has 3 aliphatic heterocycles. The predicted molar refractivity (Wildman–Crippen MR) is 428 cm³/mol. The number of aryl methyl sites for hydroxylation is 4. The van der Waals surface area contributed by atoms with Gasteiger partial charge in [0.25, 0.3) is 0 Å². The second-order valence-electron chi connectivity index (χ2n) is 28.8. The van der Waals surface area contributed by atoms with Crippen LogP contribution in [0.2, 0.25) is 0 Å². The molecule has 564 valence electrons. The maximum absolute atomic E-state index is 14.1. The second-order valence-corrected chi connectivity index (χ2v) is 28.8. The highest BCUT2D eigenvalue weighted by molar-refractivity contribution is 5.90. The second kappa shape index (κ2) is 43.6. The molecule has 6 heterocycles. The molecule has 7 aromatic carbocycles. The number of aliphatic hydroxyl groups excluding tert-OH is 1. The third-order valence-electron chi connectivity index (χ3n) is 20.5. The molecule has 108 heavy (non-hydrogen) atoms. The van der Waals surface area contributed by atoms with Gasteiger partial charge in [-0.2, -0.15) is 0 Å². The highest BCUT2D eigenvalue weighted by Crippen LogP contribution is 2.28. The van der Waals surface area contributed by atoms with Crippen LogP contribution < -0.4 is 36.1 Å². The van der Waals surface area contributed by atoms with Gasteiger partial charge in [-0.05, 0) is 210 Å². The molecule has 3 aliphatic rings. The van der Waals surface area contributed by atoms with E-state index in [1.165, 1.54) is 33.0 Å². The Hall–Kier alpha value is -10.2. The number of benzene rings is 7. The molecule has 4 amide bonds. The molecule has 0 saturated carbocycles. The number of hydrogen-bond acceptors (Lipinski definition) is 13. The molecular weight excluding hydrogens is 1350 g/mol. The van der Waals surface area contributed by atoms with Crippen LogP contribution in [0.25, 0.3) is 21.7 Å². The van der Waals surface area contributed by atoms with Gasteiger partial charge in [-0.25, -0.2) is 0 Å². The van der Waals surface area contributed by atoms with E-state index in [2.05, 4.69) is 162 Å². The van der Waals surface area contributed by atoms with E-state index in [4.69, 9.17) is 14.2 Å². The zero-order valence-corrected chi connectivity index (χ0v) is 62.3. The maximum atomic E-state index is 14.1. The lowest BCUT2D eigenvalue weighted by Gasteiger charge is -2.33. The molecule has 3 aromatic heterocycles. The summed E-state index contributed by atoms with van der Waals surface area (Å²) >= 11 is 0. The van der Waals surface area contributed by atoms with Crippen molar-refractivity contribution in [1.29, 1.82) is 0 Å². The first kappa shape index (κ1) is 78.9. The van der Waals surface area contributed by atoms with E-state index >= 15 is 0 Å². The summed E-state index contributed by atoms with van der Waals surface area (Å²) in [5, 5.41) is 30.3. The smallest absolute Gasteiger partial charge is 0.243 e. The molecule has 13 rings (SSSR count). The highest BCUT2D eigenvalue weighted by Gasteiger charge is 2.32. The fourth-order valence-corrected chi connectivity index (χ4v) is 14.3. The lowest BCUT2D eigenvalue weighted by atomic mass is 9.94. The van der Waals surface area contributed by atoms with Crippen molar-refractivity contribution in [3.8, 4) is 11.5 Å². The van der Waals surface area contributed by atoms with Crippen molar-refractivity contribution in [3.63, 3.8) is 0 Å². The van der Waals surface area contributed by atoms with Crippen LogP contribution in [0.3, 0.4) is 0 Å². The molecular formula is C91H107N9O8. The summed E-state index contributed by atoms with van der Waals surface area (Å²) in [5.74, 6) is 0.999. The third kappa shape index (κ3) is 26.9. The molecule has 10 aromatic rings. The number of nitrogens with zero attached hydrogens (tertiary/aromatic N) is 4. The van der Waals surface area contributed by atoms with E-state index in [9.17, 15) is 24.3 Å². The Bertz CT molecular complexity index is 4160. The maximum Gasteiger partial charge on any atom is 0.243 e. The van der Waals surface area contributed by atoms with Gasteiger partial charge in [-0.15, -0.1) is 0 Å². The summed E-state index contributed by atoms with van der Waals surface area (Å²) in [6.07, 6.45) is 23.3. The van der Waals surface area contributed by atoms with Gasteiger partial charge in [0.05, 0.1) is 12.1 Å². The monoisotopic (exact) mass is 1450 g/mol. The number of aliphatic hydroxyl groups is 1. The molecule has 6 N–H and O–H groups in total. The fourth-order valence-electron chi connectivity index (χ4n) is 14.3. The number of epoxide rings is 1. The average Bonchev–Trinajstić information content (AvgIpc) is 1.10. The SMILES string of the molecule is O=C(N[C@@H](Cc1cccnc1)C(=O)NC(CCCc1ccccc1)CCCc1ccccc1)C1CCN(C[C@@H](O)COc2cccc3ncccc23)CC1.O=C(N[C@@H](Cc1cccnc1)C(=O)NC(CCCc1ccccc1)CCCc1ccccc1)C1CCNCC1.c1ccc2c(OC[C@H]3CO3)cccc2c1. The lowest BCUT2D eigenvalue weighted by Crippen LogP contribution is -2.53. The Morgan fingerprint density at radius 1 is 0.472 bits per heavy atom. The molecule has 0 spiro atoms. The Morgan fingerprint density at radius 3 is 1.38 bits per heavy atom. The van der Waals surface area contributed by atoms with Crippen molar-refractivity contribution >= 4 is 45.3 Å². The van der Waals surface area contributed by atoms with Crippen molar-refractivity contribution in [2.45, 2.75) is 152 Å². The van der Waals surface area contributed by atoms with Gasteiger partial charge in [-0.1, -0.05) is 176 Å². The van der Waals surface area contributed by atoms with Crippen LogP contribution in [0.15, 0.2) is 249 Å². The predicted octanol–water partition coefficient (Wildman–Crippen LogP) is 13.6. The van der Waals surface area contributed by atoms with Crippen LogP contribution in [0.4, 0.5) is 0 Å². The van der Waals surface area contributed by atoms with Crippen molar-refractivity contribution in [3.05, 3.63) is 283 Å². The number of carbonyl (C=O) groups is 4. The van der Waals surface area contributed by atoms with Crippen LogP contribution in [0.5, 0.6) is 11.5 Å². The highest BCUT2D eigenvalue weighted by atomic mass is 16.6. The number of nitrogens with one attached hydrogen (secondary N) is 5. The summed E-state index contributed by atoms with van der Waals surface area (Å²) in [5.41, 5.74) is 7.90. The molecule has 0 radical (unpaired) electrons. The summed E-state index contributed by atoms with van der Waals surface area (Å²) in [7, 11) is 0. The molecule has 3 saturated heterocycles. The standard InChI is InChI=1S/C45H53N5O4.C33H42N4O2.C13H12O2/c51-39(33-54-43-23-9-22-41-40(43)21-11-27-47-41)32-50-28-24-37(25-29-50)44(52)49-42(30-36-18-10-26-46-31-36)45(53)48-38(19-7-16-34-12-3-1-4-13-34)20-8-17-35-14-5-2-6-15-35;38-32(29-19-22-34-23-20-29)37-31(24-28-16-9-21-35-25-28)33(39)36-30(17-7-14-26-10-3-1-4-11-26)18-8-15-27-12-5-2-6-13-27;1-2-6-12-10(4-1)5-3-7-13(12)15-9-11-8-14-11/h1-6,9-15,18,21-23,26-27,31,37-39,42,51H,7-8,16-17,19-20,24-25,28-30,32-33H2,(H,48,53)(H,49,52);1-6,9-13,16,21,25,29-31,34H,7-8,14-15,17-20,22-24H2,(H,36,39)(H,37,38);1-7,11H,8-9H2/t39-,42+;31-;11-/m101/s1. The van der Waals surface area contributed by atoms with Crippen LogP contribution in [0.1, 0.15) is 110 Å². The molecule has 0 bridgehead atoms. The number of likely N-dealkylation sites (tertiary alicyclic amines) is 1. The van der Waals surface area contributed by atoms with Crippen LogP contribution >= 0.6 is 0 Å². The van der Waals surface area contributed by atoms with Crippen LogP contribution in [-0.4, -0.2) is 138 Å². The van der Waals surface area contributed by atoms with Gasteiger partial charge in [0.15, 0.2) is 0 Å². The van der Waals surface area contributed by atoms with E-state index in [0.717, 1.165) is 137 Å². The van der Waals surface area contributed by atoms with Gasteiger partial charge in [0, 0.05) is 85.1 Å². The van der Waals surface area contributed by atoms with E-state index in [-0.39, 0.29) is 54.2 Å². The molecule has 4 atom stereocenters. The van der Waals surface area contributed by atoms with Gasteiger partial charge in [0.2, 0.25) is 23.6 Å². The number of aromatic nitrogens is 3. The first-order chi connectivity index (χ1) is 53.1. The zero-order chi connectivity index (χ0) is 74.6. The van der Waals surface area contributed by atoms with E-state index in [1.54, 1.807) is 31.0 Å². The van der Waals surface area contributed by atoms with E-state index < -0.39 is 18.2 Å². The van der Waals surface area contributed by atoms with Crippen molar-refractivity contribution in [1.82, 2.24) is 46.4 Å². The number of ether oxygens (including phenoxy) is 3. The number of hydrogen-bond donors (Lipinski definition) is 6. The van der Waals surface area contributed by atoms with E-state index in [0.29, 0.717) is 63.8 Å². The number of rotatable bonds is 36. The number of amides is 4.